The predicted molar refractivity (Wildman–Crippen MR) is 111 cm³/mol. The molecular weight excluding hydrogens is 320 g/mol. The number of hydrogen-bond acceptors (Lipinski definition) is 3. The van der Waals surface area contributed by atoms with E-state index in [0.717, 1.165) is 24.1 Å². The molecule has 0 N–H and O–H groups in total. The fourth-order valence-corrected chi connectivity index (χ4v) is 3.64. The third-order valence-electron chi connectivity index (χ3n) is 5.36. The highest BCUT2D eigenvalue weighted by atomic mass is 15.5. The zero-order valence-electron chi connectivity index (χ0n) is 17.2. The van der Waals surface area contributed by atoms with E-state index in [1.54, 1.807) is 0 Å². The fourth-order valence-electron chi connectivity index (χ4n) is 3.64. The van der Waals surface area contributed by atoms with Crippen molar-refractivity contribution >= 4 is 11.0 Å². The molecule has 1 unspecified atom stereocenters. The van der Waals surface area contributed by atoms with Gasteiger partial charge < -0.3 is 0 Å². The van der Waals surface area contributed by atoms with E-state index in [9.17, 15) is 0 Å². The van der Waals surface area contributed by atoms with Crippen LogP contribution in [-0.2, 0) is 0 Å². The number of nitrogens with zero attached hydrogens (tertiary/aromatic N) is 4. The molecule has 2 aromatic rings. The molecule has 1 atom stereocenters. The van der Waals surface area contributed by atoms with Gasteiger partial charge in [-0.3, -0.25) is 4.90 Å². The number of fused-ring (bicyclic) bond motifs is 1. The Hall–Kier alpha value is -1.42. The van der Waals surface area contributed by atoms with Crippen LogP contribution in [0.15, 0.2) is 24.3 Å². The first-order chi connectivity index (χ1) is 12.8. The highest BCUT2D eigenvalue weighted by Crippen LogP contribution is 2.20. The van der Waals surface area contributed by atoms with Crippen molar-refractivity contribution in [1.82, 2.24) is 19.9 Å². The maximum atomic E-state index is 4.46. The largest absolute Gasteiger partial charge is 0.282 e. The van der Waals surface area contributed by atoms with Crippen molar-refractivity contribution in [2.75, 3.05) is 13.1 Å². The van der Waals surface area contributed by atoms with E-state index in [4.69, 9.17) is 0 Å². The van der Waals surface area contributed by atoms with Gasteiger partial charge in [-0.15, -0.1) is 5.10 Å². The Kier molecular flexibility index (Phi) is 9.68. The summed E-state index contributed by atoms with van der Waals surface area (Å²) in [4.78, 5) is 2.61. The van der Waals surface area contributed by atoms with Crippen LogP contribution < -0.4 is 0 Å². The molecular formula is C22H38N4. The second-order valence-electron chi connectivity index (χ2n) is 7.52. The smallest absolute Gasteiger partial charge is 0.113 e. The highest BCUT2D eigenvalue weighted by Gasteiger charge is 2.18. The Morgan fingerprint density at radius 1 is 0.846 bits per heavy atom. The van der Waals surface area contributed by atoms with Crippen LogP contribution >= 0.6 is 0 Å². The Morgan fingerprint density at radius 2 is 1.42 bits per heavy atom. The van der Waals surface area contributed by atoms with Crippen LogP contribution in [0.5, 0.6) is 0 Å². The topological polar surface area (TPSA) is 34.0 Å². The van der Waals surface area contributed by atoms with E-state index >= 15 is 0 Å². The second-order valence-corrected chi connectivity index (χ2v) is 7.52. The van der Waals surface area contributed by atoms with Gasteiger partial charge in [0.25, 0.3) is 0 Å². The van der Waals surface area contributed by atoms with Gasteiger partial charge in [-0.25, -0.2) is 4.68 Å². The summed E-state index contributed by atoms with van der Waals surface area (Å²) in [6, 6.07) is 8.29. The Balaban J connectivity index is 1.95. The predicted octanol–water partition coefficient (Wildman–Crippen LogP) is 6.19. The Bertz CT molecular complexity index is 593. The molecule has 1 heterocycles. The van der Waals surface area contributed by atoms with Gasteiger partial charge in [0, 0.05) is 13.1 Å². The lowest BCUT2D eigenvalue weighted by Crippen LogP contribution is -2.33. The zero-order chi connectivity index (χ0) is 18.6. The first-order valence-corrected chi connectivity index (χ1v) is 10.8. The lowest BCUT2D eigenvalue weighted by atomic mass is 10.1. The molecule has 2 rings (SSSR count). The van der Waals surface area contributed by atoms with Crippen LogP contribution in [0.4, 0.5) is 0 Å². The summed E-state index contributed by atoms with van der Waals surface area (Å²) in [6.07, 6.45) is 13.6. The summed E-state index contributed by atoms with van der Waals surface area (Å²) in [5, 5.41) is 8.81. The van der Waals surface area contributed by atoms with E-state index < -0.39 is 0 Å². The third kappa shape index (κ3) is 6.39. The first-order valence-electron chi connectivity index (χ1n) is 10.8. The summed E-state index contributed by atoms with van der Waals surface area (Å²) in [7, 11) is 0. The zero-order valence-corrected chi connectivity index (χ0v) is 17.2. The minimum atomic E-state index is 0.264. The summed E-state index contributed by atoms with van der Waals surface area (Å²) in [5.74, 6) is 0. The molecule has 0 fully saturated rings. The van der Waals surface area contributed by atoms with Gasteiger partial charge in [0.05, 0.1) is 5.52 Å². The number of rotatable bonds is 14. The molecule has 0 bridgehead atoms. The Morgan fingerprint density at radius 3 is 2.04 bits per heavy atom. The van der Waals surface area contributed by atoms with E-state index in [1.807, 2.05) is 12.1 Å². The van der Waals surface area contributed by atoms with Crippen LogP contribution in [0.25, 0.3) is 11.0 Å². The molecule has 0 aliphatic heterocycles. The monoisotopic (exact) mass is 358 g/mol. The minimum absolute atomic E-state index is 0.264. The maximum absolute atomic E-state index is 4.46. The van der Waals surface area contributed by atoms with Gasteiger partial charge in [-0.1, -0.05) is 82.6 Å². The standard InChI is InChI=1S/C22H38N4/c1-4-6-8-10-14-18-25(19-15-11-9-7-5-2)20(3)26-22-17-13-12-16-21(22)23-24-26/h12-13,16-17,20H,4-11,14-15,18-19H2,1-3H3. The highest BCUT2D eigenvalue weighted by molar-refractivity contribution is 5.73. The van der Waals surface area contributed by atoms with E-state index in [1.165, 1.54) is 64.2 Å². The van der Waals surface area contributed by atoms with Crippen molar-refractivity contribution in [3.8, 4) is 0 Å². The SMILES string of the molecule is CCCCCCCN(CCCCCCC)C(C)n1nnc2ccccc21. The lowest BCUT2D eigenvalue weighted by Gasteiger charge is -2.29. The molecule has 0 aliphatic carbocycles. The van der Waals surface area contributed by atoms with Crippen molar-refractivity contribution in [3.05, 3.63) is 24.3 Å². The van der Waals surface area contributed by atoms with Crippen LogP contribution in [0.1, 0.15) is 91.1 Å². The maximum Gasteiger partial charge on any atom is 0.113 e. The summed E-state index contributed by atoms with van der Waals surface area (Å²) >= 11 is 0. The molecule has 1 aromatic heterocycles. The number of unbranched alkanes of at least 4 members (excludes halogenated alkanes) is 8. The molecule has 0 amide bonds. The molecule has 0 radical (unpaired) electrons. The van der Waals surface area contributed by atoms with Crippen molar-refractivity contribution in [3.63, 3.8) is 0 Å². The summed E-state index contributed by atoms with van der Waals surface area (Å²) in [5.41, 5.74) is 2.13. The van der Waals surface area contributed by atoms with Gasteiger partial charge in [0.15, 0.2) is 0 Å². The van der Waals surface area contributed by atoms with Crippen molar-refractivity contribution in [2.45, 2.75) is 91.1 Å². The average Bonchev–Trinajstić information content (AvgIpc) is 3.09. The number of aromatic nitrogens is 3. The van der Waals surface area contributed by atoms with Crippen molar-refractivity contribution in [2.24, 2.45) is 0 Å². The summed E-state index contributed by atoms with van der Waals surface area (Å²) < 4.78 is 2.10. The van der Waals surface area contributed by atoms with Crippen LogP contribution in [0.3, 0.4) is 0 Å². The molecule has 4 heteroatoms. The average molecular weight is 359 g/mol. The molecule has 4 nitrogen and oxygen atoms in total. The molecule has 146 valence electrons. The number of benzene rings is 1. The van der Waals surface area contributed by atoms with Crippen LogP contribution in [0.2, 0.25) is 0 Å². The molecule has 0 saturated carbocycles. The van der Waals surface area contributed by atoms with Gasteiger partial charge in [-0.05, 0) is 31.9 Å². The van der Waals surface area contributed by atoms with Gasteiger partial charge in [-0.2, -0.15) is 0 Å². The second kappa shape index (κ2) is 12.1. The molecule has 0 aliphatic rings. The Labute approximate surface area is 160 Å². The molecule has 26 heavy (non-hydrogen) atoms. The third-order valence-corrected chi connectivity index (χ3v) is 5.36. The van der Waals surface area contributed by atoms with Crippen LogP contribution in [-0.4, -0.2) is 33.0 Å². The first kappa shape index (κ1) is 20.9. The number of hydrogen-bond donors (Lipinski definition) is 0. The lowest BCUT2D eigenvalue weighted by molar-refractivity contribution is 0.138. The minimum Gasteiger partial charge on any atom is -0.282 e. The molecule has 0 spiro atoms. The molecule has 0 saturated heterocycles. The van der Waals surface area contributed by atoms with Crippen LogP contribution in [0, 0.1) is 0 Å². The van der Waals surface area contributed by atoms with E-state index in [0.29, 0.717) is 0 Å². The molecule has 1 aromatic carbocycles. The van der Waals surface area contributed by atoms with E-state index in [-0.39, 0.29) is 6.17 Å². The van der Waals surface area contributed by atoms with Gasteiger partial charge >= 0.3 is 0 Å². The number of para-hydroxylation sites is 1. The van der Waals surface area contributed by atoms with E-state index in [2.05, 4.69) is 52.8 Å². The quantitative estimate of drug-likeness (QED) is 0.377. The normalized spacial score (nSPS) is 12.9. The van der Waals surface area contributed by atoms with Crippen molar-refractivity contribution in [1.29, 1.82) is 0 Å². The summed E-state index contributed by atoms with van der Waals surface area (Å²) in [6.45, 7) is 9.15. The van der Waals surface area contributed by atoms with Gasteiger partial charge in [0.1, 0.15) is 11.7 Å². The fraction of sp³-hybridized carbons (Fsp3) is 0.727. The van der Waals surface area contributed by atoms with Gasteiger partial charge in [0.2, 0.25) is 0 Å². The van der Waals surface area contributed by atoms with Crippen molar-refractivity contribution < 1.29 is 0 Å².